The van der Waals surface area contributed by atoms with Gasteiger partial charge in [0.2, 0.25) is 5.91 Å². The molecular formula is C20H25N3O. The van der Waals surface area contributed by atoms with Crippen molar-refractivity contribution in [3.8, 4) is 0 Å². The van der Waals surface area contributed by atoms with Gasteiger partial charge in [0.25, 0.3) is 0 Å². The Bertz CT molecular complexity index is 664. The van der Waals surface area contributed by atoms with Crippen molar-refractivity contribution in [3.05, 3.63) is 71.3 Å². The Labute approximate surface area is 143 Å². The number of hydrogen-bond acceptors (Lipinski definition) is 3. The van der Waals surface area contributed by atoms with Gasteiger partial charge in [-0.15, -0.1) is 0 Å². The van der Waals surface area contributed by atoms with E-state index in [2.05, 4.69) is 46.2 Å². The van der Waals surface area contributed by atoms with Gasteiger partial charge in [0.15, 0.2) is 0 Å². The van der Waals surface area contributed by atoms with Crippen molar-refractivity contribution in [1.29, 1.82) is 0 Å². The molecule has 4 nitrogen and oxygen atoms in total. The highest BCUT2D eigenvalue weighted by Gasteiger charge is 2.17. The van der Waals surface area contributed by atoms with Gasteiger partial charge >= 0.3 is 0 Å². The number of carbonyl (C=O) groups excluding carboxylic acids is 1. The number of primary amides is 1. The van der Waals surface area contributed by atoms with Crippen molar-refractivity contribution in [2.24, 2.45) is 5.73 Å². The largest absolute Gasteiger partial charge is 0.366 e. The number of nitrogens with two attached hydrogens (primary N) is 1. The first kappa shape index (κ1) is 16.7. The zero-order valence-corrected chi connectivity index (χ0v) is 14.0. The van der Waals surface area contributed by atoms with Crippen molar-refractivity contribution >= 4 is 5.91 Å². The van der Waals surface area contributed by atoms with Crippen LogP contribution in [0.5, 0.6) is 0 Å². The summed E-state index contributed by atoms with van der Waals surface area (Å²) in [5, 5.41) is 0. The highest BCUT2D eigenvalue weighted by molar-refractivity contribution is 5.92. The number of hydrogen-bond donors (Lipinski definition) is 1. The van der Waals surface area contributed by atoms with Crippen LogP contribution in [-0.4, -0.2) is 48.4 Å². The Morgan fingerprint density at radius 3 is 2.25 bits per heavy atom. The van der Waals surface area contributed by atoms with E-state index in [9.17, 15) is 4.79 Å². The highest BCUT2D eigenvalue weighted by Crippen LogP contribution is 2.11. The minimum atomic E-state index is -0.359. The molecular weight excluding hydrogens is 298 g/mol. The Kier molecular flexibility index (Phi) is 5.62. The topological polar surface area (TPSA) is 49.6 Å². The predicted octanol–water partition coefficient (Wildman–Crippen LogP) is 2.15. The van der Waals surface area contributed by atoms with E-state index in [4.69, 9.17) is 5.73 Å². The lowest BCUT2D eigenvalue weighted by atomic mass is 10.1. The van der Waals surface area contributed by atoms with E-state index in [1.807, 2.05) is 12.1 Å². The molecule has 1 fully saturated rings. The number of nitrogens with zero attached hydrogens (tertiary/aromatic N) is 2. The average Bonchev–Trinajstić information content (AvgIpc) is 2.62. The molecule has 0 radical (unpaired) electrons. The van der Waals surface area contributed by atoms with Crippen LogP contribution in [-0.2, 0) is 13.0 Å². The third-order valence-corrected chi connectivity index (χ3v) is 4.64. The summed E-state index contributed by atoms with van der Waals surface area (Å²) in [4.78, 5) is 16.3. The molecule has 3 rings (SSSR count). The Balaban J connectivity index is 1.45. The third kappa shape index (κ3) is 4.66. The molecule has 2 aromatic rings. The molecule has 4 heteroatoms. The van der Waals surface area contributed by atoms with Gasteiger partial charge in [-0.1, -0.05) is 42.5 Å². The number of piperazine rings is 1. The Morgan fingerprint density at radius 2 is 1.54 bits per heavy atom. The monoisotopic (exact) mass is 323 g/mol. The van der Waals surface area contributed by atoms with E-state index in [0.717, 1.165) is 51.3 Å². The van der Waals surface area contributed by atoms with Crippen molar-refractivity contribution < 1.29 is 4.79 Å². The van der Waals surface area contributed by atoms with Crippen LogP contribution in [0.2, 0.25) is 0 Å². The van der Waals surface area contributed by atoms with Crippen LogP contribution in [0.25, 0.3) is 0 Å². The number of amides is 1. The molecule has 1 amide bonds. The van der Waals surface area contributed by atoms with Crippen molar-refractivity contribution in [2.75, 3.05) is 32.7 Å². The fourth-order valence-corrected chi connectivity index (χ4v) is 3.18. The number of benzene rings is 2. The molecule has 24 heavy (non-hydrogen) atoms. The van der Waals surface area contributed by atoms with E-state index >= 15 is 0 Å². The van der Waals surface area contributed by atoms with Gasteiger partial charge in [0.05, 0.1) is 0 Å². The fraction of sp³-hybridized carbons (Fsp3) is 0.350. The lowest BCUT2D eigenvalue weighted by Gasteiger charge is -2.34. The average molecular weight is 323 g/mol. The second kappa shape index (κ2) is 8.08. The maximum atomic E-state index is 11.3. The van der Waals surface area contributed by atoms with Gasteiger partial charge in [-0.05, 0) is 29.7 Å². The summed E-state index contributed by atoms with van der Waals surface area (Å²) in [6.45, 7) is 6.33. The van der Waals surface area contributed by atoms with Gasteiger partial charge in [0.1, 0.15) is 0 Å². The molecule has 1 aliphatic rings. The summed E-state index contributed by atoms with van der Waals surface area (Å²) in [6.07, 6.45) is 1.11. The molecule has 0 aliphatic carbocycles. The van der Waals surface area contributed by atoms with Crippen LogP contribution in [0.4, 0.5) is 0 Å². The summed E-state index contributed by atoms with van der Waals surface area (Å²) in [5.74, 6) is -0.359. The molecule has 0 unspecified atom stereocenters. The van der Waals surface area contributed by atoms with Gasteiger partial charge in [-0.3, -0.25) is 9.69 Å². The summed E-state index contributed by atoms with van der Waals surface area (Å²) in [6, 6.07) is 18.3. The Morgan fingerprint density at radius 1 is 0.875 bits per heavy atom. The smallest absolute Gasteiger partial charge is 0.248 e. The summed E-state index contributed by atoms with van der Waals surface area (Å²) in [5.41, 5.74) is 8.51. The standard InChI is InChI=1S/C20H25N3O/c21-20(24)19-8-4-7-18(15-19)16-23-13-11-22(12-14-23)10-9-17-5-2-1-3-6-17/h1-8,15H,9-14,16H2,(H2,21,24). The molecule has 0 bridgehead atoms. The van der Waals surface area contributed by atoms with Crippen molar-refractivity contribution in [2.45, 2.75) is 13.0 Å². The first-order valence-electron chi connectivity index (χ1n) is 8.58. The molecule has 0 spiro atoms. The van der Waals surface area contributed by atoms with Crippen LogP contribution >= 0.6 is 0 Å². The zero-order chi connectivity index (χ0) is 16.8. The number of carbonyl (C=O) groups is 1. The molecule has 1 heterocycles. The summed E-state index contributed by atoms with van der Waals surface area (Å²) < 4.78 is 0. The van der Waals surface area contributed by atoms with E-state index in [1.54, 1.807) is 6.07 Å². The quantitative estimate of drug-likeness (QED) is 0.886. The van der Waals surface area contributed by atoms with Crippen LogP contribution in [0.3, 0.4) is 0 Å². The molecule has 1 saturated heterocycles. The van der Waals surface area contributed by atoms with E-state index < -0.39 is 0 Å². The van der Waals surface area contributed by atoms with Gasteiger partial charge in [-0.25, -0.2) is 0 Å². The van der Waals surface area contributed by atoms with Gasteiger partial charge in [0, 0.05) is 44.8 Å². The summed E-state index contributed by atoms with van der Waals surface area (Å²) >= 11 is 0. The van der Waals surface area contributed by atoms with E-state index in [-0.39, 0.29) is 5.91 Å². The second-order valence-electron chi connectivity index (χ2n) is 6.42. The molecule has 1 aliphatic heterocycles. The first-order valence-corrected chi connectivity index (χ1v) is 8.58. The minimum absolute atomic E-state index is 0.359. The molecule has 126 valence electrons. The van der Waals surface area contributed by atoms with Crippen molar-refractivity contribution in [3.63, 3.8) is 0 Å². The SMILES string of the molecule is NC(=O)c1cccc(CN2CCN(CCc3ccccc3)CC2)c1. The van der Waals surface area contributed by atoms with Crippen LogP contribution in [0.1, 0.15) is 21.5 Å². The van der Waals surface area contributed by atoms with Crippen LogP contribution in [0.15, 0.2) is 54.6 Å². The molecule has 2 aromatic carbocycles. The van der Waals surface area contributed by atoms with E-state index in [1.165, 1.54) is 5.56 Å². The lowest BCUT2D eigenvalue weighted by Crippen LogP contribution is -2.46. The van der Waals surface area contributed by atoms with Gasteiger partial charge in [-0.2, -0.15) is 0 Å². The minimum Gasteiger partial charge on any atom is -0.366 e. The third-order valence-electron chi connectivity index (χ3n) is 4.64. The predicted molar refractivity (Wildman–Crippen MR) is 96.8 cm³/mol. The fourth-order valence-electron chi connectivity index (χ4n) is 3.18. The molecule has 2 N–H and O–H groups in total. The maximum Gasteiger partial charge on any atom is 0.248 e. The number of rotatable bonds is 6. The highest BCUT2D eigenvalue weighted by atomic mass is 16.1. The zero-order valence-electron chi connectivity index (χ0n) is 14.0. The summed E-state index contributed by atoms with van der Waals surface area (Å²) in [7, 11) is 0. The lowest BCUT2D eigenvalue weighted by molar-refractivity contribution is 0.1000. The first-order chi connectivity index (χ1) is 11.7. The molecule has 0 atom stereocenters. The molecule has 0 aromatic heterocycles. The van der Waals surface area contributed by atoms with Gasteiger partial charge < -0.3 is 10.6 Å². The molecule has 0 saturated carbocycles. The van der Waals surface area contributed by atoms with Crippen molar-refractivity contribution in [1.82, 2.24) is 9.80 Å². The Hall–Kier alpha value is -2.17. The van der Waals surface area contributed by atoms with Crippen LogP contribution < -0.4 is 5.73 Å². The second-order valence-corrected chi connectivity index (χ2v) is 6.42. The van der Waals surface area contributed by atoms with Crippen LogP contribution in [0, 0.1) is 0 Å². The normalized spacial score (nSPS) is 16.2. The maximum absolute atomic E-state index is 11.3. The van der Waals surface area contributed by atoms with E-state index in [0.29, 0.717) is 5.56 Å².